The van der Waals surface area contributed by atoms with Crippen LogP contribution in [-0.2, 0) is 22.6 Å². The van der Waals surface area contributed by atoms with Crippen molar-refractivity contribution in [2.75, 3.05) is 5.32 Å². The molecule has 3 rings (SSSR count). The summed E-state index contributed by atoms with van der Waals surface area (Å²) in [4.78, 5) is 34.2. The van der Waals surface area contributed by atoms with Crippen molar-refractivity contribution in [1.82, 2.24) is 15.3 Å². The van der Waals surface area contributed by atoms with Gasteiger partial charge in [-0.3, -0.25) is 19.6 Å². The SMILES string of the molecule is CC(C)[C@H](N)C(=O)N[C@H](CCc1ccccc1CN)C(=O)Nc1ccc2nccnc2c1. The highest BCUT2D eigenvalue weighted by molar-refractivity contribution is 5.98. The van der Waals surface area contributed by atoms with Gasteiger partial charge in [0.05, 0.1) is 17.1 Å². The summed E-state index contributed by atoms with van der Waals surface area (Å²) in [6, 6.07) is 11.7. The van der Waals surface area contributed by atoms with Crippen LogP contribution in [0.4, 0.5) is 5.69 Å². The number of carbonyl (C=O) groups excluding carboxylic acids is 2. The van der Waals surface area contributed by atoms with Crippen LogP contribution in [0, 0.1) is 5.92 Å². The van der Waals surface area contributed by atoms with Gasteiger partial charge in [0.2, 0.25) is 11.8 Å². The second kappa shape index (κ2) is 10.8. The lowest BCUT2D eigenvalue weighted by molar-refractivity contribution is -0.128. The molecule has 0 bridgehead atoms. The van der Waals surface area contributed by atoms with Crippen molar-refractivity contribution in [3.63, 3.8) is 0 Å². The van der Waals surface area contributed by atoms with Crippen molar-refractivity contribution >= 4 is 28.5 Å². The topological polar surface area (TPSA) is 136 Å². The van der Waals surface area contributed by atoms with Gasteiger partial charge in [-0.1, -0.05) is 38.1 Å². The molecule has 0 aliphatic carbocycles. The van der Waals surface area contributed by atoms with Crippen molar-refractivity contribution in [3.8, 4) is 0 Å². The summed E-state index contributed by atoms with van der Waals surface area (Å²) in [6.07, 6.45) is 4.21. The predicted octanol–water partition coefficient (Wildman–Crippen LogP) is 2.13. The van der Waals surface area contributed by atoms with Gasteiger partial charge in [-0.25, -0.2) is 0 Å². The zero-order valence-corrected chi connectivity index (χ0v) is 18.4. The van der Waals surface area contributed by atoms with Gasteiger partial charge in [0.25, 0.3) is 0 Å². The Morgan fingerprint density at radius 3 is 2.34 bits per heavy atom. The highest BCUT2D eigenvalue weighted by Crippen LogP contribution is 2.17. The Morgan fingerprint density at radius 1 is 0.969 bits per heavy atom. The first-order valence-electron chi connectivity index (χ1n) is 10.7. The van der Waals surface area contributed by atoms with E-state index in [0.29, 0.717) is 30.6 Å². The highest BCUT2D eigenvalue weighted by atomic mass is 16.2. The number of aryl methyl sites for hydroxylation is 1. The molecule has 2 amide bonds. The number of amides is 2. The minimum Gasteiger partial charge on any atom is -0.343 e. The number of nitrogens with one attached hydrogen (secondary N) is 2. The van der Waals surface area contributed by atoms with Crippen LogP contribution in [-0.4, -0.2) is 33.9 Å². The van der Waals surface area contributed by atoms with Gasteiger partial charge in [-0.2, -0.15) is 0 Å². The summed E-state index contributed by atoms with van der Waals surface area (Å²) in [6.45, 7) is 4.15. The third-order valence-corrected chi connectivity index (χ3v) is 5.43. The van der Waals surface area contributed by atoms with Crippen molar-refractivity contribution in [3.05, 3.63) is 66.0 Å². The van der Waals surface area contributed by atoms with E-state index in [-0.39, 0.29) is 17.7 Å². The van der Waals surface area contributed by atoms with Gasteiger partial charge in [0, 0.05) is 24.6 Å². The molecule has 0 spiro atoms. The summed E-state index contributed by atoms with van der Waals surface area (Å²) < 4.78 is 0. The average Bonchev–Trinajstić information content (AvgIpc) is 2.80. The summed E-state index contributed by atoms with van der Waals surface area (Å²) in [7, 11) is 0. The Bertz CT molecular complexity index is 1080. The first-order chi connectivity index (χ1) is 15.4. The van der Waals surface area contributed by atoms with Gasteiger partial charge >= 0.3 is 0 Å². The number of carbonyl (C=O) groups is 2. The van der Waals surface area contributed by atoms with Crippen LogP contribution in [0.15, 0.2) is 54.9 Å². The number of nitrogens with zero attached hydrogens (tertiary/aromatic N) is 2. The minimum absolute atomic E-state index is 0.0456. The molecule has 2 aromatic carbocycles. The molecule has 0 aliphatic heterocycles. The van der Waals surface area contributed by atoms with E-state index in [9.17, 15) is 9.59 Å². The van der Waals surface area contributed by atoms with E-state index >= 15 is 0 Å². The molecule has 3 aromatic rings. The molecule has 8 nitrogen and oxygen atoms in total. The molecule has 32 heavy (non-hydrogen) atoms. The van der Waals surface area contributed by atoms with Crippen LogP contribution in [0.2, 0.25) is 0 Å². The minimum atomic E-state index is -0.754. The maximum atomic E-state index is 13.1. The fraction of sp³-hybridized carbons (Fsp3) is 0.333. The van der Waals surface area contributed by atoms with E-state index in [4.69, 9.17) is 11.5 Å². The van der Waals surface area contributed by atoms with Crippen LogP contribution in [0.5, 0.6) is 0 Å². The second-order valence-corrected chi connectivity index (χ2v) is 8.09. The summed E-state index contributed by atoms with van der Waals surface area (Å²) in [5, 5.41) is 5.71. The van der Waals surface area contributed by atoms with Gasteiger partial charge < -0.3 is 22.1 Å². The fourth-order valence-electron chi connectivity index (χ4n) is 3.41. The van der Waals surface area contributed by atoms with Crippen molar-refractivity contribution in [1.29, 1.82) is 0 Å². The summed E-state index contributed by atoms with van der Waals surface area (Å²) >= 11 is 0. The van der Waals surface area contributed by atoms with Crippen molar-refractivity contribution < 1.29 is 9.59 Å². The second-order valence-electron chi connectivity index (χ2n) is 8.09. The van der Waals surface area contributed by atoms with Gasteiger partial charge in [-0.05, 0) is 48.1 Å². The van der Waals surface area contributed by atoms with Crippen molar-refractivity contribution in [2.45, 2.75) is 45.3 Å². The largest absolute Gasteiger partial charge is 0.343 e. The molecule has 1 heterocycles. The van der Waals surface area contributed by atoms with Crippen LogP contribution in [0.1, 0.15) is 31.4 Å². The molecule has 0 saturated heterocycles. The van der Waals surface area contributed by atoms with Crippen molar-refractivity contribution in [2.24, 2.45) is 17.4 Å². The number of hydrogen-bond donors (Lipinski definition) is 4. The summed E-state index contributed by atoms with van der Waals surface area (Å²) in [5.41, 5.74) is 15.9. The third kappa shape index (κ3) is 5.87. The molecule has 8 heteroatoms. The van der Waals surface area contributed by atoms with Crippen LogP contribution < -0.4 is 22.1 Å². The molecule has 0 aliphatic rings. The molecule has 2 atom stereocenters. The number of fused-ring (bicyclic) bond motifs is 1. The van der Waals surface area contributed by atoms with Gasteiger partial charge in [0.15, 0.2) is 0 Å². The normalized spacial score (nSPS) is 13.0. The van der Waals surface area contributed by atoms with Gasteiger partial charge in [0.1, 0.15) is 6.04 Å². The number of aromatic nitrogens is 2. The first-order valence-corrected chi connectivity index (χ1v) is 10.7. The Morgan fingerprint density at radius 2 is 1.66 bits per heavy atom. The van der Waals surface area contributed by atoms with E-state index in [2.05, 4.69) is 20.6 Å². The van der Waals surface area contributed by atoms with E-state index < -0.39 is 12.1 Å². The van der Waals surface area contributed by atoms with Crippen LogP contribution in [0.3, 0.4) is 0 Å². The predicted molar refractivity (Wildman–Crippen MR) is 126 cm³/mol. The molecule has 0 fully saturated rings. The quantitative estimate of drug-likeness (QED) is 0.407. The third-order valence-electron chi connectivity index (χ3n) is 5.43. The molecular formula is C24H30N6O2. The number of rotatable bonds is 9. The molecule has 0 unspecified atom stereocenters. The lowest BCUT2D eigenvalue weighted by Gasteiger charge is -2.22. The molecule has 0 saturated carbocycles. The summed E-state index contributed by atoms with van der Waals surface area (Å²) in [5.74, 6) is -0.713. The highest BCUT2D eigenvalue weighted by Gasteiger charge is 2.25. The smallest absolute Gasteiger partial charge is 0.246 e. The lowest BCUT2D eigenvalue weighted by atomic mass is 9.98. The zero-order chi connectivity index (χ0) is 23.1. The number of nitrogens with two attached hydrogens (primary N) is 2. The Kier molecular flexibility index (Phi) is 7.86. The fourth-order valence-corrected chi connectivity index (χ4v) is 3.41. The van der Waals surface area contributed by atoms with E-state index in [1.54, 1.807) is 30.6 Å². The standard InChI is InChI=1S/C24H30N6O2/c1-15(2)22(26)24(32)30-20(9-7-16-5-3-4-6-17(16)14-25)23(31)29-18-8-10-19-21(13-18)28-12-11-27-19/h3-6,8,10-13,15,20,22H,7,9,14,25-26H2,1-2H3,(H,29,31)(H,30,32)/t20-,22+/m1/s1. The van der Waals surface area contributed by atoms with E-state index in [1.165, 1.54) is 0 Å². The monoisotopic (exact) mass is 434 g/mol. The van der Waals surface area contributed by atoms with Crippen LogP contribution in [0.25, 0.3) is 11.0 Å². The Labute approximate surface area is 187 Å². The molecule has 1 aromatic heterocycles. The molecule has 0 radical (unpaired) electrons. The number of benzene rings is 2. The number of anilines is 1. The van der Waals surface area contributed by atoms with Gasteiger partial charge in [-0.15, -0.1) is 0 Å². The maximum absolute atomic E-state index is 13.1. The zero-order valence-electron chi connectivity index (χ0n) is 18.4. The first kappa shape index (κ1) is 23.3. The lowest BCUT2D eigenvalue weighted by Crippen LogP contribution is -2.51. The Balaban J connectivity index is 1.77. The van der Waals surface area contributed by atoms with E-state index in [1.807, 2.05) is 38.1 Å². The molecule has 6 N–H and O–H groups in total. The molecular weight excluding hydrogens is 404 g/mol. The Hall–Kier alpha value is -3.36. The van der Waals surface area contributed by atoms with E-state index in [0.717, 1.165) is 16.6 Å². The molecule has 168 valence electrons. The maximum Gasteiger partial charge on any atom is 0.246 e. The average molecular weight is 435 g/mol. The number of hydrogen-bond acceptors (Lipinski definition) is 6. The van der Waals surface area contributed by atoms with Crippen LogP contribution >= 0.6 is 0 Å².